The van der Waals surface area contributed by atoms with Gasteiger partial charge in [-0.1, -0.05) is 39.8 Å². The minimum atomic E-state index is -1.15. The lowest BCUT2D eigenvalue weighted by molar-refractivity contribution is -0.145. The van der Waals surface area contributed by atoms with Crippen molar-refractivity contribution in [3.05, 3.63) is 33.8 Å². The molecule has 190 valence electrons. The maximum absolute atomic E-state index is 13.2. The number of hydrogen-bond acceptors (Lipinski definition) is 6. The third-order valence-electron chi connectivity index (χ3n) is 7.30. The summed E-state index contributed by atoms with van der Waals surface area (Å²) in [6.07, 6.45) is 7.43. The molecule has 2 heterocycles. The number of ketones is 1. The van der Waals surface area contributed by atoms with E-state index in [1.54, 1.807) is 44.1 Å². The summed E-state index contributed by atoms with van der Waals surface area (Å²) in [6.45, 7) is 11.0. The van der Waals surface area contributed by atoms with E-state index in [4.69, 9.17) is 0 Å². The lowest BCUT2D eigenvalue weighted by Crippen LogP contribution is -2.47. The molecule has 5 unspecified atom stereocenters. The van der Waals surface area contributed by atoms with Crippen LogP contribution in [-0.4, -0.2) is 57.1 Å². The number of thiazole rings is 1. The van der Waals surface area contributed by atoms with Crippen LogP contribution < -0.4 is 0 Å². The van der Waals surface area contributed by atoms with Crippen LogP contribution in [0.25, 0.3) is 6.08 Å². The number of aliphatic hydroxyl groups excluding tert-OH is 2. The Balaban J connectivity index is 2.35. The van der Waals surface area contributed by atoms with Gasteiger partial charge in [0.05, 0.1) is 40.8 Å². The average Bonchev–Trinajstić information content (AvgIpc) is 3.19. The van der Waals surface area contributed by atoms with E-state index in [0.29, 0.717) is 6.42 Å². The number of Topliss-reactive ketones (excluding diaryl/α,β-unsaturated/α-hetero) is 1. The Morgan fingerprint density at radius 2 is 1.91 bits per heavy atom. The molecule has 0 saturated heterocycles. The van der Waals surface area contributed by atoms with Gasteiger partial charge >= 0.3 is 0 Å². The average molecular weight is 491 g/mol. The van der Waals surface area contributed by atoms with Gasteiger partial charge in [-0.05, 0) is 57.1 Å². The smallest absolute Gasteiger partial charge is 0.225 e. The molecule has 0 aliphatic carbocycles. The van der Waals surface area contributed by atoms with Gasteiger partial charge in [0.1, 0.15) is 5.78 Å². The van der Waals surface area contributed by atoms with Crippen LogP contribution in [0.15, 0.2) is 23.1 Å². The van der Waals surface area contributed by atoms with Crippen molar-refractivity contribution in [3.8, 4) is 0 Å². The summed E-state index contributed by atoms with van der Waals surface area (Å²) in [7, 11) is 1.75. The molecule has 0 saturated carbocycles. The highest BCUT2D eigenvalue weighted by Crippen LogP contribution is 2.32. The van der Waals surface area contributed by atoms with E-state index in [1.807, 2.05) is 32.2 Å². The van der Waals surface area contributed by atoms with Crippen molar-refractivity contribution in [3.63, 3.8) is 0 Å². The summed E-state index contributed by atoms with van der Waals surface area (Å²) in [4.78, 5) is 32.6. The fourth-order valence-corrected chi connectivity index (χ4v) is 5.20. The maximum Gasteiger partial charge on any atom is 0.225 e. The predicted octanol–water partition coefficient (Wildman–Crippen LogP) is 4.79. The summed E-state index contributed by atoms with van der Waals surface area (Å²) in [5.41, 5.74) is 0.749. The number of allylic oxidation sites excluding steroid dienone is 1. The third-order valence-corrected chi connectivity index (χ3v) is 8.09. The lowest BCUT2D eigenvalue weighted by atomic mass is 9.73. The molecule has 6 nitrogen and oxygen atoms in total. The van der Waals surface area contributed by atoms with Crippen molar-refractivity contribution >= 4 is 29.1 Å². The second kappa shape index (κ2) is 12.2. The van der Waals surface area contributed by atoms with Gasteiger partial charge in [-0.2, -0.15) is 0 Å². The van der Waals surface area contributed by atoms with Crippen molar-refractivity contribution in [2.75, 3.05) is 7.05 Å². The standard InChI is InChI=1S/C27H42N2O4S/c1-17-12-10-8-9-11-13-22(18(2)14-21-16-34-20(4)28-21)29(7)24(31)15-23(30)27(5,6)26(33)19(3)25(17)32/h9,11,14,16-17,19,22-23,25,30,32H,8,10,12-13,15H2,1-7H3/b11-9-,18-14?. The van der Waals surface area contributed by atoms with Crippen LogP contribution >= 0.6 is 11.3 Å². The van der Waals surface area contributed by atoms with E-state index in [-0.39, 0.29) is 30.1 Å². The molecular weight excluding hydrogens is 448 g/mol. The van der Waals surface area contributed by atoms with Gasteiger partial charge in [0.25, 0.3) is 0 Å². The van der Waals surface area contributed by atoms with Crippen LogP contribution in [0.1, 0.15) is 77.4 Å². The fourth-order valence-electron chi connectivity index (χ4n) is 4.63. The Bertz CT molecular complexity index is 904. The summed E-state index contributed by atoms with van der Waals surface area (Å²) in [5.74, 6) is -1.08. The fraction of sp³-hybridized carbons (Fsp3) is 0.667. The number of aryl methyl sites for hydroxylation is 1. The molecule has 0 aromatic carbocycles. The van der Waals surface area contributed by atoms with Gasteiger partial charge in [-0.25, -0.2) is 4.98 Å². The van der Waals surface area contributed by atoms with Gasteiger partial charge in [-0.15, -0.1) is 11.3 Å². The molecule has 1 amide bonds. The summed E-state index contributed by atoms with van der Waals surface area (Å²) in [5, 5.41) is 24.7. The van der Waals surface area contributed by atoms with Crippen molar-refractivity contribution < 1.29 is 19.8 Å². The highest BCUT2D eigenvalue weighted by atomic mass is 32.1. The van der Waals surface area contributed by atoms with Crippen molar-refractivity contribution in [2.24, 2.45) is 17.3 Å². The highest BCUT2D eigenvalue weighted by Gasteiger charge is 2.42. The van der Waals surface area contributed by atoms with Crippen LogP contribution in [0, 0.1) is 24.2 Å². The first kappa shape index (κ1) is 28.4. The normalized spacial score (nSPS) is 31.5. The zero-order valence-corrected chi connectivity index (χ0v) is 22.6. The predicted molar refractivity (Wildman–Crippen MR) is 138 cm³/mol. The van der Waals surface area contributed by atoms with Gasteiger partial charge < -0.3 is 15.1 Å². The van der Waals surface area contributed by atoms with Crippen LogP contribution in [0.2, 0.25) is 0 Å². The first-order chi connectivity index (χ1) is 15.9. The van der Waals surface area contributed by atoms with E-state index in [9.17, 15) is 19.8 Å². The number of rotatable bonds is 2. The van der Waals surface area contributed by atoms with Crippen molar-refractivity contribution in [2.45, 2.75) is 91.9 Å². The third kappa shape index (κ3) is 7.09. The first-order valence-electron chi connectivity index (χ1n) is 12.3. The van der Waals surface area contributed by atoms with E-state index < -0.39 is 23.5 Å². The number of amides is 1. The van der Waals surface area contributed by atoms with E-state index >= 15 is 0 Å². The summed E-state index contributed by atoms with van der Waals surface area (Å²) in [6, 6.07) is -0.177. The molecule has 7 heteroatoms. The van der Waals surface area contributed by atoms with Gasteiger partial charge in [0.15, 0.2) is 0 Å². The Morgan fingerprint density at radius 3 is 2.53 bits per heavy atom. The number of likely N-dealkylation sites (N-methyl/N-ethyl adjacent to an activating group) is 1. The quantitative estimate of drug-likeness (QED) is 0.582. The largest absolute Gasteiger partial charge is 0.392 e. The molecule has 5 atom stereocenters. The molecule has 0 spiro atoms. The number of nitrogens with zero attached hydrogens (tertiary/aromatic N) is 2. The molecular formula is C27H42N2O4S. The summed E-state index contributed by atoms with van der Waals surface area (Å²) >= 11 is 1.59. The SMILES string of the molecule is CC(=Cc1csc(C)n1)C1C/C=C\CCCC(C)C(O)C(C)C(=O)C(C)(C)C(O)CC(=O)N1C. The van der Waals surface area contributed by atoms with Crippen LogP contribution in [-0.2, 0) is 9.59 Å². The second-order valence-corrected chi connectivity index (χ2v) is 11.5. The minimum Gasteiger partial charge on any atom is -0.392 e. The van der Waals surface area contributed by atoms with Gasteiger partial charge in [0, 0.05) is 18.3 Å². The zero-order valence-electron chi connectivity index (χ0n) is 21.7. The molecule has 1 aliphatic heterocycles. The van der Waals surface area contributed by atoms with Gasteiger partial charge in [0.2, 0.25) is 5.91 Å². The topological polar surface area (TPSA) is 90.7 Å². The van der Waals surface area contributed by atoms with E-state index in [0.717, 1.165) is 35.5 Å². The van der Waals surface area contributed by atoms with E-state index in [2.05, 4.69) is 17.1 Å². The number of carbonyl (C=O) groups is 2. The lowest BCUT2D eigenvalue weighted by Gasteiger charge is -2.36. The number of aromatic nitrogens is 1. The molecule has 0 radical (unpaired) electrons. The Morgan fingerprint density at radius 1 is 1.24 bits per heavy atom. The zero-order chi connectivity index (χ0) is 25.6. The number of carbonyl (C=O) groups excluding carboxylic acids is 2. The Labute approximate surface area is 208 Å². The Hall–Kier alpha value is -1.83. The Kier molecular flexibility index (Phi) is 10.2. The highest BCUT2D eigenvalue weighted by molar-refractivity contribution is 7.09. The number of hydrogen-bond donors (Lipinski definition) is 2. The molecule has 1 aromatic heterocycles. The van der Waals surface area contributed by atoms with Crippen molar-refractivity contribution in [1.82, 2.24) is 9.88 Å². The minimum absolute atomic E-state index is 0.0274. The van der Waals surface area contributed by atoms with Gasteiger partial charge in [-0.3, -0.25) is 9.59 Å². The molecule has 0 fully saturated rings. The molecule has 1 aromatic rings. The molecule has 34 heavy (non-hydrogen) atoms. The van der Waals surface area contributed by atoms with Crippen LogP contribution in [0.5, 0.6) is 0 Å². The molecule has 2 rings (SSSR count). The van der Waals surface area contributed by atoms with E-state index in [1.165, 1.54) is 0 Å². The second-order valence-electron chi connectivity index (χ2n) is 10.4. The summed E-state index contributed by atoms with van der Waals surface area (Å²) < 4.78 is 0. The number of aliphatic hydroxyl groups is 2. The maximum atomic E-state index is 13.2. The molecule has 2 N–H and O–H groups in total. The van der Waals surface area contributed by atoms with Crippen molar-refractivity contribution in [1.29, 1.82) is 0 Å². The first-order valence-corrected chi connectivity index (χ1v) is 13.2. The molecule has 1 aliphatic rings. The molecule has 0 bridgehead atoms. The van der Waals surface area contributed by atoms with Crippen LogP contribution in [0.3, 0.4) is 0 Å². The van der Waals surface area contributed by atoms with Crippen LogP contribution in [0.4, 0.5) is 0 Å². The monoisotopic (exact) mass is 490 g/mol.